The minimum atomic E-state index is -0.258. The summed E-state index contributed by atoms with van der Waals surface area (Å²) in [4.78, 5) is 0. The Balaban J connectivity index is 2.30. The summed E-state index contributed by atoms with van der Waals surface area (Å²) in [5.41, 5.74) is 1.21. The van der Waals surface area contributed by atoms with Gasteiger partial charge >= 0.3 is 0 Å². The Morgan fingerprint density at radius 3 is 2.75 bits per heavy atom. The molecule has 1 aromatic carbocycles. The molecule has 0 saturated carbocycles. The Labute approximate surface area is 118 Å². The predicted octanol–water partition coefficient (Wildman–Crippen LogP) is 2.42. The standard InChI is InChI=1S/C14H20FN5/c1-9(2)8-16-11(4)14-17-18-19-20(14)13-7-5-6-12(15)10(13)3/h5-7,9,11,16H,8H2,1-4H3. The van der Waals surface area contributed by atoms with Gasteiger partial charge in [0.2, 0.25) is 0 Å². The first-order valence-corrected chi connectivity index (χ1v) is 6.78. The van der Waals surface area contributed by atoms with Gasteiger partial charge in [-0.1, -0.05) is 19.9 Å². The van der Waals surface area contributed by atoms with Crippen LogP contribution < -0.4 is 5.32 Å². The summed E-state index contributed by atoms with van der Waals surface area (Å²) in [7, 11) is 0. The Hall–Kier alpha value is -1.82. The highest BCUT2D eigenvalue weighted by atomic mass is 19.1. The molecule has 0 bridgehead atoms. The van der Waals surface area contributed by atoms with Gasteiger partial charge in [-0.3, -0.25) is 0 Å². The van der Waals surface area contributed by atoms with E-state index in [0.29, 0.717) is 23.0 Å². The molecule has 1 unspecified atom stereocenters. The fourth-order valence-corrected chi connectivity index (χ4v) is 1.96. The van der Waals surface area contributed by atoms with Crippen molar-refractivity contribution in [2.45, 2.75) is 33.7 Å². The lowest BCUT2D eigenvalue weighted by Crippen LogP contribution is -2.26. The topological polar surface area (TPSA) is 55.6 Å². The van der Waals surface area contributed by atoms with Crippen molar-refractivity contribution in [2.75, 3.05) is 6.54 Å². The minimum absolute atomic E-state index is 0.00457. The van der Waals surface area contributed by atoms with E-state index in [4.69, 9.17) is 0 Å². The number of rotatable bonds is 5. The van der Waals surface area contributed by atoms with Gasteiger partial charge in [0.05, 0.1) is 11.7 Å². The molecule has 0 spiro atoms. The molecule has 2 aromatic rings. The highest BCUT2D eigenvalue weighted by Crippen LogP contribution is 2.19. The van der Waals surface area contributed by atoms with E-state index in [9.17, 15) is 4.39 Å². The smallest absolute Gasteiger partial charge is 0.173 e. The maximum atomic E-state index is 13.7. The molecule has 0 aliphatic heterocycles. The summed E-state index contributed by atoms with van der Waals surface area (Å²) >= 11 is 0. The van der Waals surface area contributed by atoms with Crippen molar-refractivity contribution < 1.29 is 4.39 Å². The first-order valence-electron chi connectivity index (χ1n) is 6.78. The molecular weight excluding hydrogens is 257 g/mol. The van der Waals surface area contributed by atoms with E-state index in [1.54, 1.807) is 17.7 Å². The summed E-state index contributed by atoms with van der Waals surface area (Å²) in [5.74, 6) is 0.962. The van der Waals surface area contributed by atoms with Crippen LogP contribution in [0.5, 0.6) is 0 Å². The van der Waals surface area contributed by atoms with Crippen molar-refractivity contribution >= 4 is 0 Å². The second-order valence-corrected chi connectivity index (χ2v) is 5.36. The summed E-state index contributed by atoms with van der Waals surface area (Å²) in [5, 5.41) is 15.1. The molecule has 0 aliphatic carbocycles. The van der Waals surface area contributed by atoms with Crippen LogP contribution >= 0.6 is 0 Å². The maximum absolute atomic E-state index is 13.7. The number of hydrogen-bond acceptors (Lipinski definition) is 4. The van der Waals surface area contributed by atoms with E-state index >= 15 is 0 Å². The van der Waals surface area contributed by atoms with Crippen LogP contribution in [0.4, 0.5) is 4.39 Å². The molecule has 20 heavy (non-hydrogen) atoms. The Bertz CT molecular complexity index is 579. The molecule has 1 heterocycles. The lowest BCUT2D eigenvalue weighted by molar-refractivity contribution is 0.474. The molecule has 0 saturated heterocycles. The fourth-order valence-electron chi connectivity index (χ4n) is 1.96. The average molecular weight is 277 g/mol. The summed E-state index contributed by atoms with van der Waals surface area (Å²) in [6.45, 7) is 8.87. The highest BCUT2D eigenvalue weighted by molar-refractivity contribution is 5.40. The number of hydrogen-bond donors (Lipinski definition) is 1. The van der Waals surface area contributed by atoms with E-state index in [2.05, 4.69) is 34.7 Å². The summed E-state index contributed by atoms with van der Waals surface area (Å²) < 4.78 is 15.3. The Morgan fingerprint density at radius 2 is 2.05 bits per heavy atom. The van der Waals surface area contributed by atoms with E-state index in [1.165, 1.54) is 6.07 Å². The predicted molar refractivity (Wildman–Crippen MR) is 75.1 cm³/mol. The van der Waals surface area contributed by atoms with E-state index < -0.39 is 0 Å². The molecule has 0 aliphatic rings. The van der Waals surface area contributed by atoms with Gasteiger partial charge in [-0.2, -0.15) is 4.68 Å². The number of halogens is 1. The van der Waals surface area contributed by atoms with Crippen LogP contribution in [0.3, 0.4) is 0 Å². The molecule has 1 aromatic heterocycles. The molecule has 1 N–H and O–H groups in total. The van der Waals surface area contributed by atoms with E-state index in [1.807, 2.05) is 13.0 Å². The van der Waals surface area contributed by atoms with Gasteiger partial charge in [-0.05, 0) is 48.9 Å². The second kappa shape index (κ2) is 6.09. The van der Waals surface area contributed by atoms with E-state index in [-0.39, 0.29) is 11.9 Å². The molecule has 0 fully saturated rings. The quantitative estimate of drug-likeness (QED) is 0.912. The van der Waals surface area contributed by atoms with E-state index in [0.717, 1.165) is 6.54 Å². The second-order valence-electron chi connectivity index (χ2n) is 5.36. The molecule has 5 nitrogen and oxygen atoms in total. The van der Waals surface area contributed by atoms with Crippen LogP contribution in [0.15, 0.2) is 18.2 Å². The summed E-state index contributed by atoms with van der Waals surface area (Å²) in [6, 6.07) is 4.90. The molecule has 2 rings (SSSR count). The molecule has 108 valence electrons. The van der Waals surface area contributed by atoms with Crippen molar-refractivity contribution in [1.82, 2.24) is 25.5 Å². The lowest BCUT2D eigenvalue weighted by atomic mass is 10.1. The molecule has 0 radical (unpaired) electrons. The van der Waals surface area contributed by atoms with Gasteiger partial charge < -0.3 is 5.32 Å². The maximum Gasteiger partial charge on any atom is 0.173 e. The first kappa shape index (κ1) is 14.6. The zero-order valence-corrected chi connectivity index (χ0v) is 12.3. The van der Waals surface area contributed by atoms with Gasteiger partial charge in [-0.25, -0.2) is 4.39 Å². The number of nitrogens with zero attached hydrogens (tertiary/aromatic N) is 4. The van der Waals surface area contributed by atoms with Crippen molar-refractivity contribution in [3.8, 4) is 5.69 Å². The monoisotopic (exact) mass is 277 g/mol. The van der Waals surface area contributed by atoms with Gasteiger partial charge in [0, 0.05) is 5.56 Å². The van der Waals surface area contributed by atoms with Crippen LogP contribution in [-0.2, 0) is 0 Å². The SMILES string of the molecule is Cc1c(F)cccc1-n1nnnc1C(C)NCC(C)C. The Kier molecular flexibility index (Phi) is 4.44. The normalized spacial score (nSPS) is 12.9. The van der Waals surface area contributed by atoms with Crippen molar-refractivity contribution in [3.63, 3.8) is 0 Å². The van der Waals surface area contributed by atoms with Crippen molar-refractivity contribution in [3.05, 3.63) is 35.4 Å². The Morgan fingerprint density at radius 1 is 1.30 bits per heavy atom. The fraction of sp³-hybridized carbons (Fsp3) is 0.500. The summed E-state index contributed by atoms with van der Waals surface area (Å²) in [6.07, 6.45) is 0. The third-order valence-electron chi connectivity index (χ3n) is 3.18. The van der Waals surface area contributed by atoms with Crippen molar-refractivity contribution in [2.24, 2.45) is 5.92 Å². The van der Waals surface area contributed by atoms with Crippen LogP contribution in [0, 0.1) is 18.7 Å². The van der Waals surface area contributed by atoms with Crippen molar-refractivity contribution in [1.29, 1.82) is 0 Å². The molecule has 6 heteroatoms. The lowest BCUT2D eigenvalue weighted by Gasteiger charge is -2.16. The number of nitrogens with one attached hydrogen (secondary N) is 1. The zero-order chi connectivity index (χ0) is 14.7. The van der Waals surface area contributed by atoms with Gasteiger partial charge in [-0.15, -0.1) is 5.10 Å². The number of tetrazole rings is 1. The molecule has 0 amide bonds. The third kappa shape index (κ3) is 3.01. The van der Waals surface area contributed by atoms with Gasteiger partial charge in [0.15, 0.2) is 5.82 Å². The third-order valence-corrected chi connectivity index (χ3v) is 3.18. The van der Waals surface area contributed by atoms with Gasteiger partial charge in [0.1, 0.15) is 5.82 Å². The number of aromatic nitrogens is 4. The van der Waals surface area contributed by atoms with Gasteiger partial charge in [0.25, 0.3) is 0 Å². The minimum Gasteiger partial charge on any atom is -0.307 e. The highest BCUT2D eigenvalue weighted by Gasteiger charge is 2.17. The average Bonchev–Trinajstić information content (AvgIpc) is 2.88. The molecular formula is C14H20FN5. The zero-order valence-electron chi connectivity index (χ0n) is 12.3. The van der Waals surface area contributed by atoms with Crippen LogP contribution in [0.1, 0.15) is 38.2 Å². The number of benzene rings is 1. The molecule has 1 atom stereocenters. The van der Waals surface area contributed by atoms with Crippen LogP contribution in [0.25, 0.3) is 5.69 Å². The first-order chi connectivity index (χ1) is 9.50. The van der Waals surface area contributed by atoms with Crippen LogP contribution in [0.2, 0.25) is 0 Å². The largest absolute Gasteiger partial charge is 0.307 e. The van der Waals surface area contributed by atoms with Crippen LogP contribution in [-0.4, -0.2) is 26.8 Å².